The normalized spacial score (nSPS) is 27.9. The zero-order valence-electron chi connectivity index (χ0n) is 13.6. The molecule has 0 aromatic heterocycles. The molecule has 0 aromatic carbocycles. The molecule has 1 aliphatic rings. The van der Waals surface area contributed by atoms with Crippen molar-refractivity contribution in [1.82, 2.24) is 5.32 Å². The molecule has 0 radical (unpaired) electrons. The molecular formula is C17H35NO. The van der Waals surface area contributed by atoms with Crippen LogP contribution in [0.2, 0.25) is 0 Å². The monoisotopic (exact) mass is 269 g/mol. The highest BCUT2D eigenvalue weighted by Crippen LogP contribution is 2.27. The van der Waals surface area contributed by atoms with Crippen LogP contribution in [0.3, 0.4) is 0 Å². The quantitative estimate of drug-likeness (QED) is 0.621. The summed E-state index contributed by atoms with van der Waals surface area (Å²) in [6, 6.07) is 0.675. The van der Waals surface area contributed by atoms with Crippen molar-refractivity contribution in [2.45, 2.75) is 90.7 Å². The molecule has 0 amide bonds. The summed E-state index contributed by atoms with van der Waals surface area (Å²) in [7, 11) is 0. The lowest BCUT2D eigenvalue weighted by molar-refractivity contribution is -0.0778. The summed E-state index contributed by atoms with van der Waals surface area (Å²) in [5, 5.41) is 3.73. The molecule has 2 unspecified atom stereocenters. The maximum Gasteiger partial charge on any atom is 0.0666 e. The molecule has 1 saturated heterocycles. The molecule has 0 spiro atoms. The highest BCUT2D eigenvalue weighted by atomic mass is 16.5. The third-order valence-electron chi connectivity index (χ3n) is 4.48. The predicted octanol–water partition coefficient (Wildman–Crippen LogP) is 4.53. The Morgan fingerprint density at radius 2 is 1.95 bits per heavy atom. The number of nitrogens with one attached hydrogen (secondary N) is 1. The third kappa shape index (κ3) is 7.31. The van der Waals surface area contributed by atoms with Gasteiger partial charge in [0.1, 0.15) is 0 Å². The molecular weight excluding hydrogens is 234 g/mol. The van der Waals surface area contributed by atoms with E-state index in [0.29, 0.717) is 6.04 Å². The molecule has 0 aromatic rings. The van der Waals surface area contributed by atoms with Crippen molar-refractivity contribution >= 4 is 0 Å². The first-order valence-corrected chi connectivity index (χ1v) is 8.43. The Morgan fingerprint density at radius 1 is 1.21 bits per heavy atom. The number of hydrogen-bond donors (Lipinski definition) is 1. The number of unbranched alkanes of at least 4 members (excludes halogenated alkanes) is 3. The minimum atomic E-state index is 0.118. The van der Waals surface area contributed by atoms with E-state index in [4.69, 9.17) is 4.74 Å². The fourth-order valence-corrected chi connectivity index (χ4v) is 2.89. The largest absolute Gasteiger partial charge is 0.375 e. The Hall–Kier alpha value is -0.0800. The van der Waals surface area contributed by atoms with E-state index in [2.05, 4.69) is 33.0 Å². The van der Waals surface area contributed by atoms with Gasteiger partial charge in [0.15, 0.2) is 0 Å². The molecule has 114 valence electrons. The third-order valence-corrected chi connectivity index (χ3v) is 4.48. The minimum Gasteiger partial charge on any atom is -0.375 e. The molecule has 2 atom stereocenters. The van der Waals surface area contributed by atoms with Crippen LogP contribution in [0.25, 0.3) is 0 Å². The second kappa shape index (κ2) is 8.97. The fraction of sp³-hybridized carbons (Fsp3) is 1.00. The molecule has 1 fully saturated rings. The Balaban J connectivity index is 2.00. The summed E-state index contributed by atoms with van der Waals surface area (Å²) in [4.78, 5) is 0. The average molecular weight is 269 g/mol. The summed E-state index contributed by atoms with van der Waals surface area (Å²) < 4.78 is 5.89. The zero-order valence-corrected chi connectivity index (χ0v) is 13.6. The van der Waals surface area contributed by atoms with Crippen LogP contribution in [0.5, 0.6) is 0 Å². The number of ether oxygens (including phenoxy) is 1. The number of hydrogen-bond acceptors (Lipinski definition) is 2. The summed E-state index contributed by atoms with van der Waals surface area (Å²) in [6.07, 6.45) is 10.4. The predicted molar refractivity (Wildman–Crippen MR) is 83.6 cm³/mol. The standard InChI is InChI=1S/C17H35NO/c1-5-17(4)14-16(11-13-19-17)18-12-9-7-6-8-10-15(2)3/h15-16,18H,5-14H2,1-4H3. The molecule has 1 rings (SSSR count). The van der Waals surface area contributed by atoms with Crippen molar-refractivity contribution < 1.29 is 4.74 Å². The fourth-order valence-electron chi connectivity index (χ4n) is 2.89. The molecule has 1 heterocycles. The topological polar surface area (TPSA) is 21.3 Å². The van der Waals surface area contributed by atoms with E-state index in [1.54, 1.807) is 0 Å². The van der Waals surface area contributed by atoms with Gasteiger partial charge in [-0.05, 0) is 45.1 Å². The minimum absolute atomic E-state index is 0.118. The summed E-state index contributed by atoms with van der Waals surface area (Å²) in [5.74, 6) is 0.868. The van der Waals surface area contributed by atoms with E-state index in [1.165, 1.54) is 51.5 Å². The Labute approximate surface area is 120 Å². The van der Waals surface area contributed by atoms with Gasteiger partial charge in [-0.15, -0.1) is 0 Å². The van der Waals surface area contributed by atoms with Crippen LogP contribution >= 0.6 is 0 Å². The van der Waals surface area contributed by atoms with E-state index < -0.39 is 0 Å². The molecule has 2 nitrogen and oxygen atoms in total. The van der Waals surface area contributed by atoms with Crippen molar-refractivity contribution in [1.29, 1.82) is 0 Å². The lowest BCUT2D eigenvalue weighted by atomic mass is 9.90. The van der Waals surface area contributed by atoms with E-state index in [9.17, 15) is 0 Å². The first kappa shape index (κ1) is 17.0. The molecule has 1 N–H and O–H groups in total. The highest BCUT2D eigenvalue weighted by Gasteiger charge is 2.30. The van der Waals surface area contributed by atoms with E-state index in [1.807, 2.05) is 0 Å². The van der Waals surface area contributed by atoms with Crippen LogP contribution in [0.15, 0.2) is 0 Å². The van der Waals surface area contributed by atoms with Gasteiger partial charge in [-0.1, -0.05) is 46.5 Å². The van der Waals surface area contributed by atoms with Gasteiger partial charge in [-0.2, -0.15) is 0 Å². The highest BCUT2D eigenvalue weighted by molar-refractivity contribution is 4.85. The van der Waals surface area contributed by atoms with Gasteiger partial charge in [-0.3, -0.25) is 0 Å². The maximum atomic E-state index is 5.89. The number of rotatable bonds is 9. The Bertz CT molecular complexity index is 229. The van der Waals surface area contributed by atoms with Crippen LogP contribution in [0.4, 0.5) is 0 Å². The van der Waals surface area contributed by atoms with E-state index in [0.717, 1.165) is 18.9 Å². The van der Waals surface area contributed by atoms with Crippen molar-refractivity contribution in [2.24, 2.45) is 5.92 Å². The van der Waals surface area contributed by atoms with E-state index >= 15 is 0 Å². The van der Waals surface area contributed by atoms with Crippen LogP contribution in [-0.4, -0.2) is 24.8 Å². The second-order valence-corrected chi connectivity index (χ2v) is 6.89. The van der Waals surface area contributed by atoms with Gasteiger partial charge in [0, 0.05) is 12.6 Å². The summed E-state index contributed by atoms with van der Waals surface area (Å²) in [6.45, 7) is 11.2. The second-order valence-electron chi connectivity index (χ2n) is 6.89. The smallest absolute Gasteiger partial charge is 0.0666 e. The van der Waals surface area contributed by atoms with Crippen molar-refractivity contribution in [3.05, 3.63) is 0 Å². The van der Waals surface area contributed by atoms with Crippen LogP contribution < -0.4 is 5.32 Å². The molecule has 0 saturated carbocycles. The molecule has 0 bridgehead atoms. The molecule has 19 heavy (non-hydrogen) atoms. The van der Waals surface area contributed by atoms with Crippen LogP contribution in [-0.2, 0) is 4.74 Å². The van der Waals surface area contributed by atoms with Crippen LogP contribution in [0.1, 0.15) is 79.1 Å². The van der Waals surface area contributed by atoms with Gasteiger partial charge in [0.25, 0.3) is 0 Å². The average Bonchev–Trinajstić information content (AvgIpc) is 2.37. The van der Waals surface area contributed by atoms with Crippen molar-refractivity contribution in [3.8, 4) is 0 Å². The summed E-state index contributed by atoms with van der Waals surface area (Å²) >= 11 is 0. The lowest BCUT2D eigenvalue weighted by Crippen LogP contribution is -2.45. The Kier molecular flexibility index (Phi) is 8.01. The van der Waals surface area contributed by atoms with Crippen LogP contribution in [0, 0.1) is 5.92 Å². The maximum absolute atomic E-state index is 5.89. The van der Waals surface area contributed by atoms with Crippen molar-refractivity contribution in [3.63, 3.8) is 0 Å². The summed E-state index contributed by atoms with van der Waals surface area (Å²) in [5.41, 5.74) is 0.118. The lowest BCUT2D eigenvalue weighted by Gasteiger charge is -2.38. The molecule has 1 aliphatic heterocycles. The van der Waals surface area contributed by atoms with Gasteiger partial charge in [0.2, 0.25) is 0 Å². The first-order valence-electron chi connectivity index (χ1n) is 8.43. The molecule has 0 aliphatic carbocycles. The SMILES string of the molecule is CCC1(C)CC(NCCCCCCC(C)C)CCO1. The first-order chi connectivity index (χ1) is 9.06. The van der Waals surface area contributed by atoms with Gasteiger partial charge in [0.05, 0.1) is 5.60 Å². The van der Waals surface area contributed by atoms with Gasteiger partial charge < -0.3 is 10.1 Å². The van der Waals surface area contributed by atoms with E-state index in [-0.39, 0.29) is 5.60 Å². The Morgan fingerprint density at radius 3 is 2.63 bits per heavy atom. The molecule has 2 heteroatoms. The van der Waals surface area contributed by atoms with Crippen molar-refractivity contribution in [2.75, 3.05) is 13.2 Å². The van der Waals surface area contributed by atoms with Gasteiger partial charge in [-0.25, -0.2) is 0 Å². The van der Waals surface area contributed by atoms with Gasteiger partial charge >= 0.3 is 0 Å². The zero-order chi connectivity index (χ0) is 14.1.